The van der Waals surface area contributed by atoms with Gasteiger partial charge in [-0.2, -0.15) is 0 Å². The van der Waals surface area contributed by atoms with Crippen molar-refractivity contribution in [2.75, 3.05) is 19.6 Å². The molecule has 1 aromatic carbocycles. The number of nitrogens with zero attached hydrogens (tertiary/aromatic N) is 1. The Balaban J connectivity index is 1.88. The van der Waals surface area contributed by atoms with Crippen molar-refractivity contribution in [3.05, 3.63) is 34.9 Å². The molecule has 0 radical (unpaired) electrons. The van der Waals surface area contributed by atoms with E-state index in [0.29, 0.717) is 5.91 Å². The van der Waals surface area contributed by atoms with Gasteiger partial charge in [0.1, 0.15) is 0 Å². The number of hydrogen-bond acceptors (Lipinski definition) is 2. The maximum atomic E-state index is 13.1. The first-order valence-corrected chi connectivity index (χ1v) is 7.79. The van der Waals surface area contributed by atoms with E-state index in [4.69, 9.17) is 11.6 Å². The van der Waals surface area contributed by atoms with E-state index in [-0.39, 0.29) is 11.5 Å². The lowest BCUT2D eigenvalue weighted by Crippen LogP contribution is -2.59. The zero-order chi connectivity index (χ0) is 14.2. The third-order valence-electron chi connectivity index (χ3n) is 4.78. The molecule has 1 aliphatic carbocycles. The van der Waals surface area contributed by atoms with Crippen molar-refractivity contribution >= 4 is 17.5 Å². The van der Waals surface area contributed by atoms with Gasteiger partial charge in [0.15, 0.2) is 0 Å². The van der Waals surface area contributed by atoms with Gasteiger partial charge in [0, 0.05) is 30.7 Å². The van der Waals surface area contributed by atoms with Gasteiger partial charge in [0.25, 0.3) is 0 Å². The van der Waals surface area contributed by atoms with Crippen LogP contribution in [0.1, 0.15) is 31.7 Å². The molecule has 1 N–H and O–H groups in total. The van der Waals surface area contributed by atoms with E-state index in [1.54, 1.807) is 0 Å². The fraction of sp³-hybridized carbons (Fsp3) is 0.562. The predicted octanol–water partition coefficient (Wildman–Crippen LogP) is 2.58. The number of nitrogens with one attached hydrogen (secondary N) is 1. The molecule has 1 amide bonds. The van der Waals surface area contributed by atoms with E-state index in [0.717, 1.165) is 49.5 Å². The highest BCUT2D eigenvalue weighted by atomic mass is 35.5. The Morgan fingerprint density at radius 1 is 1.35 bits per heavy atom. The Labute approximate surface area is 125 Å². The second kappa shape index (κ2) is 5.38. The molecule has 2 aliphatic rings. The van der Waals surface area contributed by atoms with Crippen LogP contribution in [-0.4, -0.2) is 36.5 Å². The zero-order valence-electron chi connectivity index (χ0n) is 11.9. The lowest BCUT2D eigenvalue weighted by atomic mass is 9.63. The van der Waals surface area contributed by atoms with Crippen LogP contribution in [0.2, 0.25) is 5.02 Å². The average Bonchev–Trinajstić information content (AvgIpc) is 2.40. The fourth-order valence-electron chi connectivity index (χ4n) is 3.34. The highest BCUT2D eigenvalue weighted by molar-refractivity contribution is 6.30. The summed E-state index contributed by atoms with van der Waals surface area (Å²) >= 11 is 5.97. The number of carbonyl (C=O) groups is 1. The smallest absolute Gasteiger partial charge is 0.233 e. The van der Waals surface area contributed by atoms with E-state index < -0.39 is 0 Å². The molecule has 1 aromatic rings. The van der Waals surface area contributed by atoms with E-state index in [9.17, 15) is 4.79 Å². The molecule has 1 heterocycles. The van der Waals surface area contributed by atoms with Crippen molar-refractivity contribution in [1.82, 2.24) is 10.2 Å². The standard InChI is InChI=1S/C16H21ClN2O/c1-12-11-18-9-10-19(12)15(20)16(7-2-8-16)13-3-5-14(17)6-4-13/h3-6,12,18H,2,7-11H2,1H3. The summed E-state index contributed by atoms with van der Waals surface area (Å²) in [5.41, 5.74) is 0.833. The average molecular weight is 293 g/mol. The van der Waals surface area contributed by atoms with Crippen molar-refractivity contribution in [2.45, 2.75) is 37.6 Å². The van der Waals surface area contributed by atoms with Gasteiger partial charge in [-0.15, -0.1) is 0 Å². The number of halogens is 1. The lowest BCUT2D eigenvalue weighted by Gasteiger charge is -2.47. The minimum atomic E-state index is -0.295. The van der Waals surface area contributed by atoms with Crippen LogP contribution in [-0.2, 0) is 10.2 Å². The SMILES string of the molecule is CC1CNCCN1C(=O)C1(c2ccc(Cl)cc2)CCC1. The zero-order valence-corrected chi connectivity index (χ0v) is 12.6. The van der Waals surface area contributed by atoms with Gasteiger partial charge in [0.2, 0.25) is 5.91 Å². The lowest BCUT2D eigenvalue weighted by molar-refractivity contribution is -0.143. The number of hydrogen-bond donors (Lipinski definition) is 1. The van der Waals surface area contributed by atoms with Crippen molar-refractivity contribution in [3.8, 4) is 0 Å². The van der Waals surface area contributed by atoms with Gasteiger partial charge in [-0.25, -0.2) is 0 Å². The van der Waals surface area contributed by atoms with Crippen LogP contribution in [0.5, 0.6) is 0 Å². The maximum absolute atomic E-state index is 13.1. The van der Waals surface area contributed by atoms with E-state index in [2.05, 4.69) is 17.1 Å². The highest BCUT2D eigenvalue weighted by Gasteiger charge is 2.48. The van der Waals surface area contributed by atoms with Crippen LogP contribution in [0.15, 0.2) is 24.3 Å². The molecule has 1 atom stereocenters. The van der Waals surface area contributed by atoms with Crippen LogP contribution in [0.25, 0.3) is 0 Å². The number of carbonyl (C=O) groups excluding carboxylic acids is 1. The first-order chi connectivity index (χ1) is 9.63. The number of rotatable bonds is 2. The van der Waals surface area contributed by atoms with Crippen molar-refractivity contribution in [1.29, 1.82) is 0 Å². The summed E-state index contributed by atoms with van der Waals surface area (Å²) in [6.07, 6.45) is 3.06. The molecule has 3 rings (SSSR count). The summed E-state index contributed by atoms with van der Waals surface area (Å²) in [5, 5.41) is 4.07. The maximum Gasteiger partial charge on any atom is 0.233 e. The number of piperazine rings is 1. The molecule has 1 aliphatic heterocycles. The fourth-order valence-corrected chi connectivity index (χ4v) is 3.47. The Morgan fingerprint density at radius 3 is 2.60 bits per heavy atom. The summed E-state index contributed by atoms with van der Waals surface area (Å²) in [6, 6.07) is 8.11. The van der Waals surface area contributed by atoms with E-state index in [1.807, 2.05) is 24.3 Å². The third kappa shape index (κ3) is 2.23. The van der Waals surface area contributed by atoms with Crippen molar-refractivity contribution in [2.24, 2.45) is 0 Å². The molecule has 108 valence electrons. The van der Waals surface area contributed by atoms with Crippen molar-refractivity contribution in [3.63, 3.8) is 0 Å². The van der Waals surface area contributed by atoms with Crippen LogP contribution in [0.4, 0.5) is 0 Å². The summed E-state index contributed by atoms with van der Waals surface area (Å²) in [5.74, 6) is 0.306. The molecule has 1 saturated heterocycles. The van der Waals surface area contributed by atoms with Gasteiger partial charge in [0.05, 0.1) is 5.41 Å². The molecule has 3 nitrogen and oxygen atoms in total. The molecule has 0 spiro atoms. The molecule has 0 aromatic heterocycles. The second-order valence-corrected chi connectivity index (χ2v) is 6.43. The van der Waals surface area contributed by atoms with E-state index in [1.165, 1.54) is 0 Å². The molecule has 20 heavy (non-hydrogen) atoms. The monoisotopic (exact) mass is 292 g/mol. The quantitative estimate of drug-likeness (QED) is 0.909. The summed E-state index contributed by atoms with van der Waals surface area (Å²) < 4.78 is 0. The molecule has 1 unspecified atom stereocenters. The van der Waals surface area contributed by atoms with Gasteiger partial charge < -0.3 is 10.2 Å². The first-order valence-electron chi connectivity index (χ1n) is 7.41. The first kappa shape index (κ1) is 13.9. The molecule has 2 fully saturated rings. The van der Waals surface area contributed by atoms with Crippen LogP contribution >= 0.6 is 11.6 Å². The second-order valence-electron chi connectivity index (χ2n) is 5.99. The van der Waals surface area contributed by atoms with Crippen LogP contribution in [0, 0.1) is 0 Å². The summed E-state index contributed by atoms with van der Waals surface area (Å²) in [4.78, 5) is 15.1. The number of amides is 1. The Kier molecular flexibility index (Phi) is 3.74. The molecule has 1 saturated carbocycles. The Bertz CT molecular complexity index is 496. The minimum Gasteiger partial charge on any atom is -0.337 e. The van der Waals surface area contributed by atoms with Gasteiger partial charge in [-0.05, 0) is 37.5 Å². The van der Waals surface area contributed by atoms with Gasteiger partial charge >= 0.3 is 0 Å². The van der Waals surface area contributed by atoms with Gasteiger partial charge in [-0.3, -0.25) is 4.79 Å². The predicted molar refractivity (Wildman–Crippen MR) is 81.0 cm³/mol. The topological polar surface area (TPSA) is 32.3 Å². The summed E-state index contributed by atoms with van der Waals surface area (Å²) in [6.45, 7) is 4.73. The Hall–Kier alpha value is -1.06. The molecule has 4 heteroatoms. The summed E-state index contributed by atoms with van der Waals surface area (Å²) in [7, 11) is 0. The Morgan fingerprint density at radius 2 is 2.05 bits per heavy atom. The van der Waals surface area contributed by atoms with Gasteiger partial charge in [-0.1, -0.05) is 30.2 Å². The number of benzene rings is 1. The highest BCUT2D eigenvalue weighted by Crippen LogP contribution is 2.45. The molecular weight excluding hydrogens is 272 g/mol. The molecular formula is C16H21ClN2O. The molecule has 0 bridgehead atoms. The van der Waals surface area contributed by atoms with Crippen LogP contribution in [0.3, 0.4) is 0 Å². The minimum absolute atomic E-state index is 0.279. The van der Waals surface area contributed by atoms with Crippen molar-refractivity contribution < 1.29 is 4.79 Å². The largest absolute Gasteiger partial charge is 0.337 e. The van der Waals surface area contributed by atoms with E-state index >= 15 is 0 Å². The normalized spacial score (nSPS) is 25.1. The van der Waals surface area contributed by atoms with Crippen LogP contribution < -0.4 is 5.32 Å². The third-order valence-corrected chi connectivity index (χ3v) is 5.03.